The van der Waals surface area contributed by atoms with E-state index in [1.54, 1.807) is 6.20 Å². The third-order valence-electron chi connectivity index (χ3n) is 4.40. The van der Waals surface area contributed by atoms with E-state index < -0.39 is 0 Å². The van der Waals surface area contributed by atoms with Crippen molar-refractivity contribution in [2.45, 2.75) is 50.7 Å². The third-order valence-corrected chi connectivity index (χ3v) is 4.40. The molecule has 2 fully saturated rings. The fraction of sp³-hybridized carbons (Fsp3) is 0.733. The van der Waals surface area contributed by atoms with Crippen LogP contribution in [0.3, 0.4) is 0 Å². The van der Waals surface area contributed by atoms with Crippen molar-refractivity contribution in [1.82, 2.24) is 14.5 Å². The lowest BCUT2D eigenvalue weighted by Gasteiger charge is -2.33. The highest BCUT2D eigenvalue weighted by Gasteiger charge is 2.25. The third kappa shape index (κ3) is 3.20. The van der Waals surface area contributed by atoms with Crippen molar-refractivity contribution < 1.29 is 9.53 Å². The van der Waals surface area contributed by atoms with Gasteiger partial charge in [-0.15, -0.1) is 0 Å². The maximum absolute atomic E-state index is 12.3. The van der Waals surface area contributed by atoms with E-state index in [1.807, 2.05) is 17.4 Å². The molecule has 2 saturated heterocycles. The topological polar surface area (TPSA) is 47.4 Å². The molecule has 20 heavy (non-hydrogen) atoms. The second kappa shape index (κ2) is 6.39. The van der Waals surface area contributed by atoms with E-state index in [2.05, 4.69) is 9.55 Å². The molecular formula is C15H23N3O2. The molecule has 3 heterocycles. The van der Waals surface area contributed by atoms with Crippen LogP contribution >= 0.6 is 0 Å². The van der Waals surface area contributed by atoms with Crippen LogP contribution in [0.2, 0.25) is 0 Å². The van der Waals surface area contributed by atoms with Gasteiger partial charge in [0.15, 0.2) is 0 Å². The average Bonchev–Trinajstić information content (AvgIpc) is 3.18. The zero-order chi connectivity index (χ0) is 13.8. The lowest BCUT2D eigenvalue weighted by molar-refractivity contribution is -0.133. The lowest BCUT2D eigenvalue weighted by Crippen LogP contribution is -2.40. The lowest BCUT2D eigenvalue weighted by atomic mass is 10.0. The van der Waals surface area contributed by atoms with Crippen LogP contribution in [0.5, 0.6) is 0 Å². The molecule has 2 atom stereocenters. The zero-order valence-corrected chi connectivity index (χ0v) is 11.9. The maximum Gasteiger partial charge on any atom is 0.222 e. The van der Waals surface area contributed by atoms with Gasteiger partial charge < -0.3 is 14.2 Å². The van der Waals surface area contributed by atoms with Gasteiger partial charge in [0.2, 0.25) is 5.91 Å². The standard InChI is InChI=1S/C15H23N3O2/c19-15(6-5-14-4-2-10-20-14)17-8-1-3-13(11-17)18-9-7-16-12-18/h7,9,12-14H,1-6,8,10-11H2/t13-,14+/m1/s1. The summed E-state index contributed by atoms with van der Waals surface area (Å²) >= 11 is 0. The summed E-state index contributed by atoms with van der Waals surface area (Å²) in [6.07, 6.45) is 11.9. The molecule has 0 radical (unpaired) electrons. The minimum absolute atomic E-state index is 0.283. The molecule has 0 aliphatic carbocycles. The molecule has 0 saturated carbocycles. The van der Waals surface area contributed by atoms with Crippen molar-refractivity contribution in [3.8, 4) is 0 Å². The van der Waals surface area contributed by atoms with Crippen molar-refractivity contribution in [2.24, 2.45) is 0 Å². The zero-order valence-electron chi connectivity index (χ0n) is 11.9. The van der Waals surface area contributed by atoms with Crippen molar-refractivity contribution in [3.05, 3.63) is 18.7 Å². The van der Waals surface area contributed by atoms with Gasteiger partial charge in [0.1, 0.15) is 0 Å². The Morgan fingerprint density at radius 1 is 1.35 bits per heavy atom. The molecule has 5 heteroatoms. The van der Waals surface area contributed by atoms with Crippen LogP contribution in [0.25, 0.3) is 0 Å². The molecular weight excluding hydrogens is 254 g/mol. The second-order valence-corrected chi connectivity index (χ2v) is 5.82. The van der Waals surface area contributed by atoms with Crippen molar-refractivity contribution in [1.29, 1.82) is 0 Å². The average molecular weight is 277 g/mol. The quantitative estimate of drug-likeness (QED) is 0.845. The van der Waals surface area contributed by atoms with Crippen LogP contribution in [0.15, 0.2) is 18.7 Å². The smallest absolute Gasteiger partial charge is 0.222 e. The van der Waals surface area contributed by atoms with Gasteiger partial charge in [-0.1, -0.05) is 0 Å². The fourth-order valence-corrected chi connectivity index (χ4v) is 3.22. The largest absolute Gasteiger partial charge is 0.378 e. The SMILES string of the molecule is O=C(CC[C@@H]1CCCO1)N1CCC[C@@H](n2ccnc2)C1. The number of nitrogens with zero attached hydrogens (tertiary/aromatic N) is 3. The van der Waals surface area contributed by atoms with E-state index in [-0.39, 0.29) is 5.91 Å². The second-order valence-electron chi connectivity index (χ2n) is 5.82. The van der Waals surface area contributed by atoms with E-state index in [0.717, 1.165) is 51.8 Å². The predicted molar refractivity (Wildman–Crippen MR) is 75.3 cm³/mol. The molecule has 0 aromatic carbocycles. The Balaban J connectivity index is 1.49. The monoisotopic (exact) mass is 277 g/mol. The Hall–Kier alpha value is -1.36. The molecule has 1 aromatic heterocycles. The van der Waals surface area contributed by atoms with Crippen molar-refractivity contribution in [2.75, 3.05) is 19.7 Å². The highest BCUT2D eigenvalue weighted by molar-refractivity contribution is 5.76. The van der Waals surface area contributed by atoms with Crippen LogP contribution in [-0.2, 0) is 9.53 Å². The number of hydrogen-bond donors (Lipinski definition) is 0. The molecule has 2 aliphatic heterocycles. The van der Waals surface area contributed by atoms with Crippen LogP contribution < -0.4 is 0 Å². The molecule has 0 unspecified atom stereocenters. The van der Waals surface area contributed by atoms with Crippen LogP contribution in [0.4, 0.5) is 0 Å². The molecule has 3 rings (SSSR count). The van der Waals surface area contributed by atoms with Gasteiger partial charge in [0.25, 0.3) is 0 Å². The van der Waals surface area contributed by atoms with Gasteiger partial charge in [-0.25, -0.2) is 4.98 Å². The Kier molecular flexibility index (Phi) is 4.35. The van der Waals surface area contributed by atoms with E-state index in [9.17, 15) is 4.79 Å². The molecule has 0 bridgehead atoms. The molecule has 1 aromatic rings. The summed E-state index contributed by atoms with van der Waals surface area (Å²) in [4.78, 5) is 18.4. The normalized spacial score (nSPS) is 26.9. The molecule has 1 amide bonds. The summed E-state index contributed by atoms with van der Waals surface area (Å²) in [6.45, 7) is 2.58. The number of aromatic nitrogens is 2. The summed E-state index contributed by atoms with van der Waals surface area (Å²) in [5, 5.41) is 0. The Morgan fingerprint density at radius 3 is 3.05 bits per heavy atom. The van der Waals surface area contributed by atoms with Crippen LogP contribution in [0.1, 0.15) is 44.6 Å². The summed E-state index contributed by atoms with van der Waals surface area (Å²) in [7, 11) is 0. The number of amides is 1. The van der Waals surface area contributed by atoms with Crippen LogP contribution in [-0.4, -0.2) is 46.2 Å². The summed E-state index contributed by atoms with van der Waals surface area (Å²) in [5.41, 5.74) is 0. The molecule has 5 nitrogen and oxygen atoms in total. The summed E-state index contributed by atoms with van der Waals surface area (Å²) in [5.74, 6) is 0.283. The number of carbonyl (C=O) groups is 1. The van der Waals surface area contributed by atoms with E-state index in [1.165, 1.54) is 0 Å². The van der Waals surface area contributed by atoms with E-state index in [4.69, 9.17) is 4.74 Å². The molecule has 0 N–H and O–H groups in total. The van der Waals surface area contributed by atoms with Gasteiger partial charge >= 0.3 is 0 Å². The Morgan fingerprint density at radius 2 is 2.30 bits per heavy atom. The van der Waals surface area contributed by atoms with Gasteiger partial charge in [0.05, 0.1) is 18.5 Å². The van der Waals surface area contributed by atoms with E-state index >= 15 is 0 Å². The van der Waals surface area contributed by atoms with Gasteiger partial charge in [-0.2, -0.15) is 0 Å². The first-order chi connectivity index (χ1) is 9.83. The van der Waals surface area contributed by atoms with Gasteiger partial charge in [-0.3, -0.25) is 4.79 Å². The highest BCUT2D eigenvalue weighted by Crippen LogP contribution is 2.23. The fourth-order valence-electron chi connectivity index (χ4n) is 3.22. The first-order valence-corrected chi connectivity index (χ1v) is 7.70. The highest BCUT2D eigenvalue weighted by atomic mass is 16.5. The first kappa shape index (κ1) is 13.6. The Labute approximate surface area is 119 Å². The van der Waals surface area contributed by atoms with Gasteiger partial charge in [0, 0.05) is 38.5 Å². The summed E-state index contributed by atoms with van der Waals surface area (Å²) in [6, 6.07) is 0.387. The number of piperidine rings is 1. The van der Waals surface area contributed by atoms with Crippen molar-refractivity contribution >= 4 is 5.91 Å². The molecule has 2 aliphatic rings. The number of ether oxygens (including phenoxy) is 1. The predicted octanol–water partition coefficient (Wildman–Crippen LogP) is 2.01. The first-order valence-electron chi connectivity index (χ1n) is 7.70. The number of likely N-dealkylation sites (tertiary alicyclic amines) is 1. The summed E-state index contributed by atoms with van der Waals surface area (Å²) < 4.78 is 7.71. The molecule has 0 spiro atoms. The number of imidazole rings is 1. The minimum Gasteiger partial charge on any atom is -0.378 e. The van der Waals surface area contributed by atoms with Crippen LogP contribution in [0, 0.1) is 0 Å². The minimum atomic E-state index is 0.283. The Bertz CT molecular complexity index is 426. The number of rotatable bonds is 4. The van der Waals surface area contributed by atoms with E-state index in [0.29, 0.717) is 18.6 Å². The van der Waals surface area contributed by atoms with Gasteiger partial charge in [-0.05, 0) is 32.1 Å². The number of hydrogen-bond acceptors (Lipinski definition) is 3. The maximum atomic E-state index is 12.3. The van der Waals surface area contributed by atoms with Crippen molar-refractivity contribution in [3.63, 3.8) is 0 Å². The number of carbonyl (C=O) groups excluding carboxylic acids is 1. The molecule has 110 valence electrons.